The monoisotopic (exact) mass is 360 g/mol. The smallest absolute Gasteiger partial charge is 0.191 e. The summed E-state index contributed by atoms with van der Waals surface area (Å²) in [6, 6.07) is 10.7. The Kier molecular flexibility index (Phi) is 9.32. The Morgan fingerprint density at radius 3 is 2.77 bits per heavy atom. The van der Waals surface area contributed by atoms with Gasteiger partial charge in [0.2, 0.25) is 0 Å². The number of nitrogens with one attached hydrogen (secondary N) is 2. The molecule has 146 valence electrons. The van der Waals surface area contributed by atoms with Crippen LogP contribution in [0.4, 0.5) is 5.69 Å². The van der Waals surface area contributed by atoms with Crippen LogP contribution >= 0.6 is 0 Å². The van der Waals surface area contributed by atoms with Gasteiger partial charge in [-0.3, -0.25) is 4.99 Å². The van der Waals surface area contributed by atoms with Crippen LogP contribution in [0.15, 0.2) is 35.3 Å². The van der Waals surface area contributed by atoms with Gasteiger partial charge in [-0.15, -0.1) is 0 Å². The molecular formula is C21H36N4O. The van der Waals surface area contributed by atoms with Gasteiger partial charge in [-0.25, -0.2) is 0 Å². The zero-order chi connectivity index (χ0) is 18.6. The molecular weight excluding hydrogens is 324 g/mol. The van der Waals surface area contributed by atoms with E-state index in [0.717, 1.165) is 58.3 Å². The Balaban J connectivity index is 1.69. The normalized spacial score (nSPS) is 17.8. The molecule has 0 bridgehead atoms. The van der Waals surface area contributed by atoms with Crippen molar-refractivity contribution in [2.75, 3.05) is 50.8 Å². The van der Waals surface area contributed by atoms with Gasteiger partial charge in [-0.2, -0.15) is 0 Å². The highest BCUT2D eigenvalue weighted by Gasteiger charge is 2.22. The summed E-state index contributed by atoms with van der Waals surface area (Å²) in [5.41, 5.74) is 1.32. The van der Waals surface area contributed by atoms with E-state index in [1.165, 1.54) is 12.1 Å². The van der Waals surface area contributed by atoms with Crippen molar-refractivity contribution in [2.45, 2.75) is 33.6 Å². The molecule has 1 heterocycles. The largest absolute Gasteiger partial charge is 0.380 e. The van der Waals surface area contributed by atoms with E-state index in [9.17, 15) is 0 Å². The van der Waals surface area contributed by atoms with Gasteiger partial charge >= 0.3 is 0 Å². The fourth-order valence-corrected chi connectivity index (χ4v) is 3.08. The van der Waals surface area contributed by atoms with Crippen LogP contribution in [-0.4, -0.2) is 51.9 Å². The summed E-state index contributed by atoms with van der Waals surface area (Å²) in [6.07, 6.45) is 2.32. The van der Waals surface area contributed by atoms with Crippen LogP contribution in [0.3, 0.4) is 0 Å². The van der Waals surface area contributed by atoms with E-state index in [1.54, 1.807) is 0 Å². The predicted octanol–water partition coefficient (Wildman–Crippen LogP) is 3.13. The van der Waals surface area contributed by atoms with Gasteiger partial charge < -0.3 is 20.3 Å². The summed E-state index contributed by atoms with van der Waals surface area (Å²) in [5.74, 6) is 2.22. The van der Waals surface area contributed by atoms with Crippen molar-refractivity contribution in [3.8, 4) is 0 Å². The molecule has 26 heavy (non-hydrogen) atoms. The van der Waals surface area contributed by atoms with Gasteiger partial charge in [0.05, 0.1) is 6.61 Å². The number of ether oxygens (including phenoxy) is 1. The van der Waals surface area contributed by atoms with Gasteiger partial charge in [-0.1, -0.05) is 32.0 Å². The number of hydrogen-bond donors (Lipinski definition) is 2. The molecule has 0 radical (unpaired) electrons. The van der Waals surface area contributed by atoms with Crippen molar-refractivity contribution in [1.82, 2.24) is 10.6 Å². The lowest BCUT2D eigenvalue weighted by atomic mass is 10.1. The van der Waals surface area contributed by atoms with Crippen LogP contribution < -0.4 is 15.5 Å². The Labute approximate surface area is 159 Å². The summed E-state index contributed by atoms with van der Waals surface area (Å²) in [7, 11) is 0. The highest BCUT2D eigenvalue weighted by Crippen LogP contribution is 2.23. The third kappa shape index (κ3) is 7.65. The maximum absolute atomic E-state index is 5.66. The van der Waals surface area contributed by atoms with E-state index in [-0.39, 0.29) is 0 Å². The molecule has 5 heteroatoms. The maximum Gasteiger partial charge on any atom is 0.191 e. The van der Waals surface area contributed by atoms with Crippen molar-refractivity contribution >= 4 is 11.6 Å². The SMILES string of the molecule is CCNC(=NCC1CCN(c2ccccc2)C1)NCCOCCC(C)C. The fraction of sp³-hybridized carbons (Fsp3) is 0.667. The van der Waals surface area contributed by atoms with Crippen LogP contribution in [-0.2, 0) is 4.74 Å². The molecule has 1 aromatic carbocycles. The number of rotatable bonds is 10. The quantitative estimate of drug-likeness (QED) is 0.382. The highest BCUT2D eigenvalue weighted by atomic mass is 16.5. The van der Waals surface area contributed by atoms with Crippen LogP contribution in [0.1, 0.15) is 33.6 Å². The van der Waals surface area contributed by atoms with Crippen molar-refractivity contribution in [3.63, 3.8) is 0 Å². The van der Waals surface area contributed by atoms with Crippen molar-refractivity contribution in [2.24, 2.45) is 16.8 Å². The molecule has 0 amide bonds. The molecule has 5 nitrogen and oxygen atoms in total. The molecule has 1 aromatic rings. The van der Waals surface area contributed by atoms with Crippen molar-refractivity contribution in [3.05, 3.63) is 30.3 Å². The standard InChI is InChI=1S/C21H36N4O/c1-4-22-21(23-12-15-26-14-11-18(2)3)24-16-19-10-13-25(17-19)20-8-6-5-7-9-20/h5-9,18-19H,4,10-17H2,1-3H3,(H2,22,23,24). The molecule has 1 aliphatic heterocycles. The van der Waals surface area contributed by atoms with Crippen LogP contribution in [0.2, 0.25) is 0 Å². The third-order valence-electron chi connectivity index (χ3n) is 4.64. The minimum absolute atomic E-state index is 0.618. The topological polar surface area (TPSA) is 48.9 Å². The van der Waals surface area contributed by atoms with Crippen molar-refractivity contribution < 1.29 is 4.74 Å². The van der Waals surface area contributed by atoms with Gasteiger partial charge in [0.15, 0.2) is 5.96 Å². The van der Waals surface area contributed by atoms with Crippen molar-refractivity contribution in [1.29, 1.82) is 0 Å². The minimum atomic E-state index is 0.618. The van der Waals surface area contributed by atoms with E-state index in [1.807, 2.05) is 0 Å². The lowest BCUT2D eigenvalue weighted by Gasteiger charge is -2.18. The average molecular weight is 361 g/mol. The van der Waals surface area contributed by atoms with Gasteiger partial charge in [0.1, 0.15) is 0 Å². The Bertz CT molecular complexity index is 518. The van der Waals surface area contributed by atoms with E-state index in [2.05, 4.69) is 66.6 Å². The molecule has 1 atom stereocenters. The first-order valence-corrected chi connectivity index (χ1v) is 10.1. The zero-order valence-corrected chi connectivity index (χ0v) is 16.7. The molecule has 0 aliphatic carbocycles. The number of hydrogen-bond acceptors (Lipinski definition) is 3. The Hall–Kier alpha value is -1.75. The van der Waals surface area contributed by atoms with E-state index < -0.39 is 0 Å². The molecule has 0 aromatic heterocycles. The van der Waals surface area contributed by atoms with E-state index in [0.29, 0.717) is 11.8 Å². The lowest BCUT2D eigenvalue weighted by molar-refractivity contribution is 0.128. The highest BCUT2D eigenvalue weighted by molar-refractivity contribution is 5.79. The Morgan fingerprint density at radius 1 is 1.23 bits per heavy atom. The van der Waals surface area contributed by atoms with Crippen LogP contribution in [0.5, 0.6) is 0 Å². The van der Waals surface area contributed by atoms with E-state index in [4.69, 9.17) is 9.73 Å². The number of para-hydroxylation sites is 1. The summed E-state index contributed by atoms with van der Waals surface area (Å²) >= 11 is 0. The molecule has 2 N–H and O–H groups in total. The maximum atomic E-state index is 5.66. The summed E-state index contributed by atoms with van der Waals surface area (Å²) in [6.45, 7) is 12.9. The van der Waals surface area contributed by atoms with Crippen LogP contribution in [0.25, 0.3) is 0 Å². The number of nitrogens with zero attached hydrogens (tertiary/aromatic N) is 2. The number of aliphatic imine (C=N–C) groups is 1. The first kappa shape index (κ1) is 20.6. The summed E-state index contributed by atoms with van der Waals surface area (Å²) < 4.78 is 5.66. The summed E-state index contributed by atoms with van der Waals surface area (Å²) in [4.78, 5) is 7.24. The zero-order valence-electron chi connectivity index (χ0n) is 16.7. The predicted molar refractivity (Wildman–Crippen MR) is 111 cm³/mol. The van der Waals surface area contributed by atoms with Gasteiger partial charge in [-0.05, 0) is 43.7 Å². The summed E-state index contributed by atoms with van der Waals surface area (Å²) in [5, 5.41) is 6.70. The van der Waals surface area contributed by atoms with E-state index >= 15 is 0 Å². The molecule has 1 saturated heterocycles. The molecule has 1 aliphatic rings. The molecule has 2 rings (SSSR count). The first-order chi connectivity index (χ1) is 12.7. The molecule has 0 spiro atoms. The van der Waals surface area contributed by atoms with Gasteiger partial charge in [0.25, 0.3) is 0 Å². The molecule has 0 saturated carbocycles. The van der Waals surface area contributed by atoms with Crippen LogP contribution in [0, 0.1) is 11.8 Å². The second-order valence-electron chi connectivity index (χ2n) is 7.38. The second-order valence-corrected chi connectivity index (χ2v) is 7.38. The molecule has 1 unspecified atom stereocenters. The number of guanidine groups is 1. The average Bonchev–Trinajstić information content (AvgIpc) is 3.12. The molecule has 1 fully saturated rings. The third-order valence-corrected chi connectivity index (χ3v) is 4.64. The Morgan fingerprint density at radius 2 is 2.04 bits per heavy atom. The number of benzene rings is 1. The lowest BCUT2D eigenvalue weighted by Crippen LogP contribution is -2.39. The number of anilines is 1. The van der Waals surface area contributed by atoms with Gasteiger partial charge in [0, 0.05) is 45.0 Å². The fourth-order valence-electron chi connectivity index (χ4n) is 3.08. The second kappa shape index (κ2) is 11.8. The first-order valence-electron chi connectivity index (χ1n) is 10.1. The minimum Gasteiger partial charge on any atom is -0.380 e.